The molecule has 17 heavy (non-hydrogen) atoms. The lowest BCUT2D eigenvalue weighted by Gasteiger charge is -2.40. The maximum Gasteiger partial charge on any atom is 0.182 e. The zero-order valence-electron chi connectivity index (χ0n) is 10.9. The van der Waals surface area contributed by atoms with Gasteiger partial charge in [-0.2, -0.15) is 0 Å². The van der Waals surface area contributed by atoms with Crippen LogP contribution in [-0.4, -0.2) is 22.2 Å². The topological polar surface area (TPSA) is 45.1 Å². The maximum absolute atomic E-state index is 10.5. The van der Waals surface area contributed by atoms with E-state index in [0.29, 0.717) is 12.0 Å². The van der Waals surface area contributed by atoms with E-state index in [1.54, 1.807) is 11.3 Å². The van der Waals surface area contributed by atoms with Crippen LogP contribution < -0.4 is 5.32 Å². The van der Waals surface area contributed by atoms with Gasteiger partial charge >= 0.3 is 0 Å². The minimum Gasteiger partial charge on any atom is -0.388 e. The summed E-state index contributed by atoms with van der Waals surface area (Å²) in [4.78, 5) is 4.35. The van der Waals surface area contributed by atoms with Gasteiger partial charge in [-0.1, -0.05) is 13.8 Å². The molecular weight excluding hydrogens is 232 g/mol. The van der Waals surface area contributed by atoms with Crippen molar-refractivity contribution in [3.8, 4) is 0 Å². The number of aromatic nitrogens is 1. The Balaban J connectivity index is 1.87. The molecule has 0 unspecified atom stereocenters. The molecule has 2 rings (SSSR count). The fourth-order valence-electron chi connectivity index (χ4n) is 2.24. The van der Waals surface area contributed by atoms with Gasteiger partial charge in [-0.05, 0) is 38.0 Å². The van der Waals surface area contributed by atoms with E-state index in [4.69, 9.17) is 0 Å². The normalized spacial score (nSPS) is 22.4. The van der Waals surface area contributed by atoms with E-state index in [-0.39, 0.29) is 0 Å². The average Bonchev–Trinajstić information content (AvgIpc) is 2.67. The molecule has 0 aliphatic heterocycles. The molecule has 1 saturated carbocycles. The van der Waals surface area contributed by atoms with Crippen molar-refractivity contribution in [2.24, 2.45) is 5.41 Å². The molecule has 96 valence electrons. The number of thiazole rings is 1. The minimum atomic E-state index is -0.547. The Morgan fingerprint density at radius 1 is 1.35 bits per heavy atom. The summed E-state index contributed by atoms with van der Waals surface area (Å²) in [5.74, 6) is 0. The number of nitrogens with one attached hydrogen (secondary N) is 1. The lowest BCUT2D eigenvalue weighted by molar-refractivity contribution is -0.0145. The second-order valence-corrected chi connectivity index (χ2v) is 6.89. The van der Waals surface area contributed by atoms with Crippen LogP contribution in [0.2, 0.25) is 0 Å². The molecule has 1 aromatic rings. The molecule has 1 heterocycles. The van der Waals surface area contributed by atoms with Crippen LogP contribution in [0.5, 0.6) is 0 Å². The maximum atomic E-state index is 10.5. The summed E-state index contributed by atoms with van der Waals surface area (Å²) in [6, 6.07) is 0. The van der Waals surface area contributed by atoms with Crippen LogP contribution in [0.4, 0.5) is 5.13 Å². The summed E-state index contributed by atoms with van der Waals surface area (Å²) in [5, 5.41) is 16.7. The highest BCUT2D eigenvalue weighted by atomic mass is 32.1. The predicted octanol–water partition coefficient (Wildman–Crippen LogP) is 3.19. The molecule has 1 aliphatic rings. The number of aliphatic hydroxyl groups is 1. The van der Waals surface area contributed by atoms with Gasteiger partial charge in [0.05, 0.1) is 11.3 Å². The fraction of sp³-hybridized carbons (Fsp3) is 0.769. The van der Waals surface area contributed by atoms with Crippen molar-refractivity contribution >= 4 is 16.5 Å². The molecule has 3 nitrogen and oxygen atoms in total. The molecule has 2 N–H and O–H groups in total. The number of nitrogens with zero attached hydrogens (tertiary/aromatic N) is 1. The molecule has 4 heteroatoms. The summed E-state index contributed by atoms with van der Waals surface area (Å²) >= 11 is 1.60. The zero-order chi connectivity index (χ0) is 12.5. The first-order chi connectivity index (χ1) is 7.89. The van der Waals surface area contributed by atoms with E-state index < -0.39 is 5.60 Å². The number of hydrogen-bond donors (Lipinski definition) is 2. The number of aryl methyl sites for hydroxylation is 1. The third-order valence-electron chi connectivity index (χ3n) is 3.72. The van der Waals surface area contributed by atoms with Crippen LogP contribution in [0.25, 0.3) is 0 Å². The number of hydrogen-bond acceptors (Lipinski definition) is 4. The van der Waals surface area contributed by atoms with Crippen molar-refractivity contribution in [3.63, 3.8) is 0 Å². The van der Waals surface area contributed by atoms with Gasteiger partial charge in [0.1, 0.15) is 0 Å². The van der Waals surface area contributed by atoms with Gasteiger partial charge in [0.2, 0.25) is 0 Å². The standard InChI is InChI=1S/C13H22N2OS/c1-10-8-17-11(15-10)14-9-13(16)6-4-12(2,3)5-7-13/h8,16H,4-7,9H2,1-3H3,(H,14,15). The molecule has 1 aliphatic carbocycles. The third kappa shape index (κ3) is 3.42. The Labute approximate surface area is 107 Å². The average molecular weight is 254 g/mol. The Morgan fingerprint density at radius 3 is 2.53 bits per heavy atom. The van der Waals surface area contributed by atoms with Crippen LogP contribution in [0.1, 0.15) is 45.2 Å². The summed E-state index contributed by atoms with van der Waals surface area (Å²) in [7, 11) is 0. The van der Waals surface area contributed by atoms with E-state index in [1.807, 2.05) is 12.3 Å². The molecule has 0 atom stereocenters. The highest BCUT2D eigenvalue weighted by molar-refractivity contribution is 7.13. The summed E-state index contributed by atoms with van der Waals surface area (Å²) < 4.78 is 0. The van der Waals surface area contributed by atoms with Gasteiger partial charge in [-0.3, -0.25) is 0 Å². The quantitative estimate of drug-likeness (QED) is 0.870. The highest BCUT2D eigenvalue weighted by Crippen LogP contribution is 2.40. The molecule has 0 spiro atoms. The van der Waals surface area contributed by atoms with Crippen LogP contribution >= 0.6 is 11.3 Å². The van der Waals surface area contributed by atoms with Crippen LogP contribution in [0.15, 0.2) is 5.38 Å². The molecule has 0 radical (unpaired) electrons. The molecule has 0 saturated heterocycles. The van der Waals surface area contributed by atoms with Crippen molar-refractivity contribution < 1.29 is 5.11 Å². The Morgan fingerprint density at radius 2 is 2.00 bits per heavy atom. The second-order valence-electron chi connectivity index (χ2n) is 6.04. The third-order valence-corrected chi connectivity index (χ3v) is 4.64. The summed E-state index contributed by atoms with van der Waals surface area (Å²) in [6.07, 6.45) is 3.97. The van der Waals surface area contributed by atoms with Gasteiger partial charge in [-0.15, -0.1) is 11.3 Å². The fourth-order valence-corrected chi connectivity index (χ4v) is 2.93. The first kappa shape index (κ1) is 12.8. The lowest BCUT2D eigenvalue weighted by Crippen LogP contribution is -2.42. The largest absolute Gasteiger partial charge is 0.388 e. The lowest BCUT2D eigenvalue weighted by atomic mass is 9.71. The molecule has 0 aromatic carbocycles. The van der Waals surface area contributed by atoms with Crippen LogP contribution in [0.3, 0.4) is 0 Å². The Bertz CT molecular complexity index is 377. The monoisotopic (exact) mass is 254 g/mol. The minimum absolute atomic E-state index is 0.393. The van der Waals surface area contributed by atoms with E-state index >= 15 is 0 Å². The molecular formula is C13H22N2OS. The van der Waals surface area contributed by atoms with Gasteiger partial charge in [0.25, 0.3) is 0 Å². The number of anilines is 1. The van der Waals surface area contributed by atoms with Crippen molar-refractivity contribution in [3.05, 3.63) is 11.1 Å². The second kappa shape index (κ2) is 4.58. The zero-order valence-corrected chi connectivity index (χ0v) is 11.7. The van der Waals surface area contributed by atoms with Crippen molar-refractivity contribution in [2.45, 2.75) is 52.1 Å². The SMILES string of the molecule is Cc1csc(NCC2(O)CCC(C)(C)CC2)n1. The van der Waals surface area contributed by atoms with Crippen LogP contribution in [0, 0.1) is 12.3 Å². The smallest absolute Gasteiger partial charge is 0.182 e. The molecule has 0 amide bonds. The Kier molecular flexibility index (Phi) is 3.46. The van der Waals surface area contributed by atoms with E-state index in [0.717, 1.165) is 36.5 Å². The molecule has 1 aromatic heterocycles. The van der Waals surface area contributed by atoms with Gasteiger partial charge in [-0.25, -0.2) is 4.98 Å². The van der Waals surface area contributed by atoms with E-state index in [1.165, 1.54) is 0 Å². The Hall–Kier alpha value is -0.610. The van der Waals surface area contributed by atoms with Crippen LogP contribution in [-0.2, 0) is 0 Å². The van der Waals surface area contributed by atoms with Crippen molar-refractivity contribution in [1.29, 1.82) is 0 Å². The number of rotatable bonds is 3. The van der Waals surface area contributed by atoms with E-state index in [9.17, 15) is 5.11 Å². The summed E-state index contributed by atoms with van der Waals surface area (Å²) in [5.41, 5.74) is 0.883. The van der Waals surface area contributed by atoms with Crippen molar-refractivity contribution in [1.82, 2.24) is 4.98 Å². The first-order valence-corrected chi connectivity index (χ1v) is 7.15. The van der Waals surface area contributed by atoms with Gasteiger partial charge in [0.15, 0.2) is 5.13 Å². The van der Waals surface area contributed by atoms with E-state index in [2.05, 4.69) is 24.1 Å². The van der Waals surface area contributed by atoms with Gasteiger partial charge < -0.3 is 10.4 Å². The van der Waals surface area contributed by atoms with Gasteiger partial charge in [0, 0.05) is 11.9 Å². The predicted molar refractivity (Wildman–Crippen MR) is 72.5 cm³/mol. The molecule has 1 fully saturated rings. The summed E-state index contributed by atoms with van der Waals surface area (Å²) in [6.45, 7) is 7.17. The molecule has 0 bridgehead atoms. The highest BCUT2D eigenvalue weighted by Gasteiger charge is 2.36. The first-order valence-electron chi connectivity index (χ1n) is 6.27. The van der Waals surface area contributed by atoms with Crippen molar-refractivity contribution in [2.75, 3.05) is 11.9 Å².